The van der Waals surface area contributed by atoms with E-state index < -0.39 is 5.97 Å². The molecule has 1 saturated carbocycles. The van der Waals surface area contributed by atoms with Crippen LogP contribution in [-0.2, 0) is 6.42 Å². The van der Waals surface area contributed by atoms with Crippen LogP contribution < -0.4 is 5.73 Å². The van der Waals surface area contributed by atoms with E-state index in [2.05, 4.69) is 11.9 Å². The lowest BCUT2D eigenvalue weighted by Crippen LogP contribution is -2.34. The monoisotopic (exact) mass is 312 g/mol. The van der Waals surface area contributed by atoms with Crippen molar-refractivity contribution in [1.29, 1.82) is 0 Å². The molecule has 0 aliphatic heterocycles. The Labute approximate surface area is 132 Å². The van der Waals surface area contributed by atoms with Gasteiger partial charge in [-0.15, -0.1) is 12.4 Å². The summed E-state index contributed by atoms with van der Waals surface area (Å²) in [5.41, 5.74) is 7.88. The van der Waals surface area contributed by atoms with Gasteiger partial charge in [-0.1, -0.05) is 19.3 Å². The molecule has 0 saturated heterocycles. The first kappa shape index (κ1) is 17.8. The number of hydrogen-bond acceptors (Lipinski definition) is 3. The number of carbonyl (C=O) groups is 1. The summed E-state index contributed by atoms with van der Waals surface area (Å²) in [7, 11) is 2.16. The van der Waals surface area contributed by atoms with E-state index in [-0.39, 0.29) is 12.4 Å². The van der Waals surface area contributed by atoms with Gasteiger partial charge in [0.25, 0.3) is 0 Å². The third kappa shape index (κ3) is 4.90. The molecule has 0 amide bonds. The van der Waals surface area contributed by atoms with Crippen LogP contribution in [0.3, 0.4) is 0 Å². The summed E-state index contributed by atoms with van der Waals surface area (Å²) < 4.78 is 0. The van der Waals surface area contributed by atoms with Gasteiger partial charge in [-0.2, -0.15) is 0 Å². The number of likely N-dealkylation sites (N-methyl/N-ethyl adjacent to an activating group) is 1. The lowest BCUT2D eigenvalue weighted by atomic mass is 9.94. The molecular weight excluding hydrogens is 288 g/mol. The van der Waals surface area contributed by atoms with E-state index in [1.54, 1.807) is 18.2 Å². The van der Waals surface area contributed by atoms with Crippen molar-refractivity contribution in [3.63, 3.8) is 0 Å². The van der Waals surface area contributed by atoms with Crippen molar-refractivity contribution in [2.45, 2.75) is 44.6 Å². The Morgan fingerprint density at radius 2 is 2.00 bits per heavy atom. The van der Waals surface area contributed by atoms with Gasteiger partial charge in [-0.3, -0.25) is 0 Å². The topological polar surface area (TPSA) is 66.6 Å². The van der Waals surface area contributed by atoms with Crippen LogP contribution >= 0.6 is 12.4 Å². The molecule has 0 spiro atoms. The van der Waals surface area contributed by atoms with Crippen LogP contribution in [0.4, 0.5) is 5.69 Å². The van der Waals surface area contributed by atoms with Gasteiger partial charge in [-0.25, -0.2) is 4.79 Å². The predicted octanol–water partition coefficient (Wildman–Crippen LogP) is 3.20. The minimum absolute atomic E-state index is 0. The largest absolute Gasteiger partial charge is 0.478 e. The summed E-state index contributed by atoms with van der Waals surface area (Å²) in [5, 5.41) is 9.03. The number of hydrogen-bond donors (Lipinski definition) is 2. The molecule has 0 bridgehead atoms. The summed E-state index contributed by atoms with van der Waals surface area (Å²) in [5.74, 6) is -0.896. The maximum absolute atomic E-state index is 11.0. The van der Waals surface area contributed by atoms with Crippen LogP contribution in [0, 0.1) is 0 Å². The number of benzene rings is 1. The molecule has 5 heteroatoms. The Kier molecular flexibility index (Phi) is 6.99. The Morgan fingerprint density at radius 3 is 2.62 bits per heavy atom. The van der Waals surface area contributed by atoms with E-state index in [4.69, 9.17) is 10.8 Å². The second kappa shape index (κ2) is 8.25. The van der Waals surface area contributed by atoms with Crippen LogP contribution in [0.1, 0.15) is 48.0 Å². The number of rotatable bonds is 5. The maximum atomic E-state index is 11.0. The highest BCUT2D eigenvalue weighted by atomic mass is 35.5. The van der Waals surface area contributed by atoms with Gasteiger partial charge in [0.2, 0.25) is 0 Å². The zero-order valence-corrected chi connectivity index (χ0v) is 13.4. The molecule has 0 unspecified atom stereocenters. The van der Waals surface area contributed by atoms with E-state index in [0.29, 0.717) is 17.3 Å². The van der Waals surface area contributed by atoms with Crippen molar-refractivity contribution >= 4 is 24.1 Å². The molecule has 0 heterocycles. The number of nitrogens with two attached hydrogens (primary N) is 1. The van der Waals surface area contributed by atoms with Gasteiger partial charge >= 0.3 is 5.97 Å². The molecule has 1 aliphatic rings. The molecule has 0 aromatic heterocycles. The average molecular weight is 313 g/mol. The number of carboxylic acids is 1. The standard InChI is InChI=1S/C16H24N2O2.ClH/c1-18(14-5-3-2-4-6-14)10-9-12-11-13(16(19)20)7-8-15(12)17;/h7-8,11,14H,2-6,9-10,17H2,1H3,(H,19,20);1H. The fourth-order valence-electron chi connectivity index (χ4n) is 2.96. The van der Waals surface area contributed by atoms with E-state index in [9.17, 15) is 4.79 Å². The minimum atomic E-state index is -0.896. The van der Waals surface area contributed by atoms with Gasteiger partial charge in [0, 0.05) is 18.3 Å². The zero-order valence-electron chi connectivity index (χ0n) is 12.5. The van der Waals surface area contributed by atoms with Crippen molar-refractivity contribution in [1.82, 2.24) is 4.90 Å². The van der Waals surface area contributed by atoms with Gasteiger partial charge in [-0.05, 0) is 50.1 Å². The van der Waals surface area contributed by atoms with Crippen LogP contribution in [-0.4, -0.2) is 35.6 Å². The first-order valence-electron chi connectivity index (χ1n) is 7.40. The highest BCUT2D eigenvalue weighted by Gasteiger charge is 2.18. The predicted molar refractivity (Wildman–Crippen MR) is 88.3 cm³/mol. The summed E-state index contributed by atoms with van der Waals surface area (Å²) in [4.78, 5) is 13.4. The molecule has 1 aromatic carbocycles. The maximum Gasteiger partial charge on any atom is 0.335 e. The number of halogens is 1. The van der Waals surface area contributed by atoms with Gasteiger partial charge in [0.15, 0.2) is 0 Å². The molecule has 0 radical (unpaired) electrons. The fourth-order valence-corrected chi connectivity index (χ4v) is 2.96. The Balaban J connectivity index is 0.00000220. The lowest BCUT2D eigenvalue weighted by molar-refractivity contribution is 0.0697. The Morgan fingerprint density at radius 1 is 1.33 bits per heavy atom. The number of carboxylic acid groups (broad SMARTS) is 1. The molecule has 0 atom stereocenters. The van der Waals surface area contributed by atoms with Crippen molar-refractivity contribution < 1.29 is 9.90 Å². The molecule has 3 N–H and O–H groups in total. The second-order valence-electron chi connectivity index (χ2n) is 5.74. The van der Waals surface area contributed by atoms with E-state index in [1.165, 1.54) is 32.1 Å². The summed E-state index contributed by atoms with van der Waals surface area (Å²) in [6, 6.07) is 5.63. The molecule has 2 rings (SSSR count). The summed E-state index contributed by atoms with van der Waals surface area (Å²) >= 11 is 0. The van der Waals surface area contributed by atoms with E-state index >= 15 is 0 Å². The summed E-state index contributed by atoms with van der Waals surface area (Å²) in [6.45, 7) is 0.929. The van der Waals surface area contributed by atoms with Crippen molar-refractivity contribution in [2.75, 3.05) is 19.3 Å². The van der Waals surface area contributed by atoms with Gasteiger partial charge in [0.1, 0.15) is 0 Å². The van der Waals surface area contributed by atoms with Crippen LogP contribution in [0.5, 0.6) is 0 Å². The Bertz CT molecular complexity index is 473. The average Bonchev–Trinajstić information content (AvgIpc) is 2.46. The minimum Gasteiger partial charge on any atom is -0.478 e. The molecule has 1 aromatic rings. The van der Waals surface area contributed by atoms with Crippen molar-refractivity contribution in [3.05, 3.63) is 29.3 Å². The number of nitrogens with zero attached hydrogens (tertiary/aromatic N) is 1. The molecule has 1 aliphatic carbocycles. The van der Waals surface area contributed by atoms with Crippen molar-refractivity contribution in [3.8, 4) is 0 Å². The first-order chi connectivity index (χ1) is 9.58. The number of anilines is 1. The molecule has 1 fully saturated rings. The lowest BCUT2D eigenvalue weighted by Gasteiger charge is -2.31. The van der Waals surface area contributed by atoms with Crippen LogP contribution in [0.15, 0.2) is 18.2 Å². The van der Waals surface area contributed by atoms with Gasteiger partial charge < -0.3 is 15.7 Å². The number of aromatic carboxylic acids is 1. The van der Waals surface area contributed by atoms with Gasteiger partial charge in [0.05, 0.1) is 5.56 Å². The molecule has 118 valence electrons. The van der Waals surface area contributed by atoms with Crippen molar-refractivity contribution in [2.24, 2.45) is 0 Å². The fraction of sp³-hybridized carbons (Fsp3) is 0.562. The smallest absolute Gasteiger partial charge is 0.335 e. The summed E-state index contributed by atoms with van der Waals surface area (Å²) in [6.07, 6.45) is 7.37. The highest BCUT2D eigenvalue weighted by Crippen LogP contribution is 2.22. The third-order valence-corrected chi connectivity index (χ3v) is 4.32. The quantitative estimate of drug-likeness (QED) is 0.819. The highest BCUT2D eigenvalue weighted by molar-refractivity contribution is 5.88. The molecule has 21 heavy (non-hydrogen) atoms. The van der Waals surface area contributed by atoms with Crippen LogP contribution in [0.25, 0.3) is 0 Å². The number of nitrogen functional groups attached to an aromatic ring is 1. The molecular formula is C16H25ClN2O2. The van der Waals surface area contributed by atoms with E-state index in [1.807, 2.05) is 0 Å². The first-order valence-corrected chi connectivity index (χ1v) is 7.40. The zero-order chi connectivity index (χ0) is 14.5. The van der Waals surface area contributed by atoms with Crippen LogP contribution in [0.2, 0.25) is 0 Å². The molecule has 4 nitrogen and oxygen atoms in total. The third-order valence-electron chi connectivity index (χ3n) is 4.32. The van der Waals surface area contributed by atoms with E-state index in [0.717, 1.165) is 18.5 Å². The SMILES string of the molecule is CN(CCc1cc(C(=O)O)ccc1N)C1CCCCC1.Cl. The Hall–Kier alpha value is -1.26. The normalized spacial score (nSPS) is 15.7. The second-order valence-corrected chi connectivity index (χ2v) is 5.74.